The quantitative estimate of drug-likeness (QED) is 0.473. The SMILES string of the molecule is O=C(NCc1ccccc1Cl)c1ccc2c(=O)n(Cc3ccc4c(c3)OCO4)c(=O)[nH]c2c1. The minimum Gasteiger partial charge on any atom is -0.454 e. The molecule has 1 aliphatic rings. The van der Waals surface area contributed by atoms with Gasteiger partial charge in [0.1, 0.15) is 0 Å². The van der Waals surface area contributed by atoms with E-state index in [4.69, 9.17) is 21.1 Å². The van der Waals surface area contributed by atoms with E-state index in [0.717, 1.165) is 15.7 Å². The maximum absolute atomic E-state index is 13.0. The molecule has 166 valence electrons. The Balaban J connectivity index is 1.40. The van der Waals surface area contributed by atoms with E-state index in [1.54, 1.807) is 30.3 Å². The van der Waals surface area contributed by atoms with Crippen molar-refractivity contribution in [2.45, 2.75) is 13.1 Å². The van der Waals surface area contributed by atoms with Crippen molar-refractivity contribution < 1.29 is 14.3 Å². The van der Waals surface area contributed by atoms with Gasteiger partial charge in [-0.15, -0.1) is 0 Å². The lowest BCUT2D eigenvalue weighted by atomic mass is 10.1. The molecule has 3 aromatic carbocycles. The average molecular weight is 464 g/mol. The summed E-state index contributed by atoms with van der Waals surface area (Å²) in [6.45, 7) is 0.467. The van der Waals surface area contributed by atoms with E-state index in [9.17, 15) is 14.4 Å². The van der Waals surface area contributed by atoms with Gasteiger partial charge in [-0.25, -0.2) is 4.79 Å². The van der Waals surface area contributed by atoms with Crippen molar-refractivity contribution in [3.8, 4) is 11.5 Å². The van der Waals surface area contributed by atoms with Crippen molar-refractivity contribution in [1.29, 1.82) is 0 Å². The number of benzene rings is 3. The van der Waals surface area contributed by atoms with E-state index in [-0.39, 0.29) is 31.3 Å². The van der Waals surface area contributed by atoms with Gasteiger partial charge >= 0.3 is 5.69 Å². The van der Waals surface area contributed by atoms with Gasteiger partial charge in [0, 0.05) is 17.1 Å². The van der Waals surface area contributed by atoms with Gasteiger partial charge < -0.3 is 19.8 Å². The molecule has 2 N–H and O–H groups in total. The molecule has 4 aromatic rings. The van der Waals surface area contributed by atoms with E-state index in [1.807, 2.05) is 18.2 Å². The number of carbonyl (C=O) groups excluding carboxylic acids is 1. The third-order valence-electron chi connectivity index (χ3n) is 5.42. The first-order valence-electron chi connectivity index (χ1n) is 10.2. The number of aromatic amines is 1. The number of rotatable bonds is 5. The Hall–Kier alpha value is -4.04. The van der Waals surface area contributed by atoms with Gasteiger partial charge in [-0.3, -0.25) is 14.2 Å². The van der Waals surface area contributed by atoms with Gasteiger partial charge in [0.2, 0.25) is 6.79 Å². The Morgan fingerprint density at radius 1 is 1.03 bits per heavy atom. The second kappa shape index (κ2) is 8.48. The van der Waals surface area contributed by atoms with Crippen LogP contribution in [0.2, 0.25) is 5.02 Å². The first-order chi connectivity index (χ1) is 16.0. The fraction of sp³-hybridized carbons (Fsp3) is 0.125. The van der Waals surface area contributed by atoms with Crippen LogP contribution < -0.4 is 26.0 Å². The minimum atomic E-state index is -0.571. The van der Waals surface area contributed by atoms with Crippen LogP contribution in [-0.2, 0) is 13.1 Å². The molecule has 0 aliphatic carbocycles. The Bertz CT molecular complexity index is 1510. The van der Waals surface area contributed by atoms with Crippen LogP contribution in [0.4, 0.5) is 0 Å². The van der Waals surface area contributed by atoms with Crippen LogP contribution in [0, 0.1) is 0 Å². The van der Waals surface area contributed by atoms with Crippen LogP contribution >= 0.6 is 11.6 Å². The highest BCUT2D eigenvalue weighted by Gasteiger charge is 2.16. The predicted octanol–water partition coefficient (Wildman–Crippen LogP) is 3.05. The summed E-state index contributed by atoms with van der Waals surface area (Å²) in [5.74, 6) is 0.853. The zero-order valence-electron chi connectivity index (χ0n) is 17.3. The number of hydrogen-bond acceptors (Lipinski definition) is 5. The molecule has 0 saturated heterocycles. The third-order valence-corrected chi connectivity index (χ3v) is 5.79. The summed E-state index contributed by atoms with van der Waals surface area (Å²) in [7, 11) is 0. The number of hydrogen-bond donors (Lipinski definition) is 2. The summed E-state index contributed by atoms with van der Waals surface area (Å²) in [6.07, 6.45) is 0. The van der Waals surface area contributed by atoms with Crippen LogP contribution in [0.1, 0.15) is 21.5 Å². The summed E-state index contributed by atoms with van der Waals surface area (Å²) in [6, 6.07) is 17.1. The minimum absolute atomic E-state index is 0.0703. The molecule has 9 heteroatoms. The van der Waals surface area contributed by atoms with Crippen LogP contribution in [0.3, 0.4) is 0 Å². The number of H-pyrrole nitrogens is 1. The monoisotopic (exact) mass is 463 g/mol. The number of carbonyl (C=O) groups is 1. The Labute approximate surface area is 192 Å². The highest BCUT2D eigenvalue weighted by Crippen LogP contribution is 2.32. The van der Waals surface area contributed by atoms with Gasteiger partial charge in [0.25, 0.3) is 11.5 Å². The second-order valence-electron chi connectivity index (χ2n) is 7.54. The van der Waals surface area contributed by atoms with Crippen LogP contribution in [0.15, 0.2) is 70.3 Å². The molecule has 0 fully saturated rings. The summed E-state index contributed by atoms with van der Waals surface area (Å²) in [5.41, 5.74) is 1.10. The lowest BCUT2D eigenvalue weighted by molar-refractivity contribution is 0.0951. The molecular formula is C24H18ClN3O5. The fourth-order valence-corrected chi connectivity index (χ4v) is 3.88. The first-order valence-corrected chi connectivity index (χ1v) is 10.5. The van der Waals surface area contributed by atoms with E-state index in [1.165, 1.54) is 12.1 Å². The molecule has 2 heterocycles. The molecule has 0 bridgehead atoms. The highest BCUT2D eigenvalue weighted by molar-refractivity contribution is 6.31. The van der Waals surface area contributed by atoms with Crippen molar-refractivity contribution in [2.75, 3.05) is 6.79 Å². The molecule has 1 aromatic heterocycles. The third kappa shape index (κ3) is 4.08. The van der Waals surface area contributed by atoms with Gasteiger partial charge in [0.15, 0.2) is 11.5 Å². The topological polar surface area (TPSA) is 102 Å². The van der Waals surface area contributed by atoms with Gasteiger partial charge in [-0.2, -0.15) is 0 Å². The zero-order chi connectivity index (χ0) is 22.9. The van der Waals surface area contributed by atoms with E-state index >= 15 is 0 Å². The molecule has 0 spiro atoms. The predicted molar refractivity (Wildman–Crippen MR) is 123 cm³/mol. The molecule has 0 atom stereocenters. The van der Waals surface area contributed by atoms with Crippen molar-refractivity contribution in [1.82, 2.24) is 14.9 Å². The molecule has 8 nitrogen and oxygen atoms in total. The van der Waals surface area contributed by atoms with Crippen molar-refractivity contribution in [2.24, 2.45) is 0 Å². The normalized spacial score (nSPS) is 12.2. The first kappa shape index (κ1) is 20.8. The smallest absolute Gasteiger partial charge is 0.329 e. The van der Waals surface area contributed by atoms with Crippen molar-refractivity contribution in [3.63, 3.8) is 0 Å². The van der Waals surface area contributed by atoms with Crippen LogP contribution in [0.5, 0.6) is 11.5 Å². The number of aromatic nitrogens is 2. The summed E-state index contributed by atoms with van der Waals surface area (Å²) < 4.78 is 11.8. The maximum Gasteiger partial charge on any atom is 0.329 e. The zero-order valence-corrected chi connectivity index (χ0v) is 18.0. The molecule has 0 unspecified atom stereocenters. The van der Waals surface area contributed by atoms with E-state index in [0.29, 0.717) is 27.5 Å². The standard InChI is InChI=1S/C24H18ClN3O5/c25-18-4-2-1-3-16(18)11-26-22(29)15-6-7-17-19(10-15)27-24(31)28(23(17)30)12-14-5-8-20-21(9-14)33-13-32-20/h1-10H,11-13H2,(H,26,29)(H,27,31). The Morgan fingerprint density at radius 2 is 1.85 bits per heavy atom. The van der Waals surface area contributed by atoms with Gasteiger partial charge in [0.05, 0.1) is 17.4 Å². The highest BCUT2D eigenvalue weighted by atomic mass is 35.5. The largest absolute Gasteiger partial charge is 0.454 e. The van der Waals surface area contributed by atoms with E-state index < -0.39 is 11.2 Å². The molecule has 5 rings (SSSR count). The molecule has 1 amide bonds. The lowest BCUT2D eigenvalue weighted by Gasteiger charge is -2.09. The molecule has 1 aliphatic heterocycles. The molecule has 0 radical (unpaired) electrons. The molecular weight excluding hydrogens is 446 g/mol. The number of ether oxygens (including phenoxy) is 2. The van der Waals surface area contributed by atoms with Crippen molar-refractivity contribution >= 4 is 28.4 Å². The maximum atomic E-state index is 13.0. The van der Waals surface area contributed by atoms with Crippen molar-refractivity contribution in [3.05, 3.63) is 103 Å². The van der Waals surface area contributed by atoms with Crippen LogP contribution in [-0.4, -0.2) is 22.3 Å². The molecule has 0 saturated carbocycles. The number of nitrogens with one attached hydrogen (secondary N) is 2. The summed E-state index contributed by atoms with van der Waals surface area (Å²) >= 11 is 6.13. The Kier molecular flexibility index (Phi) is 5.35. The van der Waals surface area contributed by atoms with Gasteiger partial charge in [-0.05, 0) is 47.5 Å². The van der Waals surface area contributed by atoms with Crippen LogP contribution in [0.25, 0.3) is 10.9 Å². The second-order valence-corrected chi connectivity index (χ2v) is 7.95. The number of halogens is 1. The summed E-state index contributed by atoms with van der Waals surface area (Å²) in [5, 5.41) is 3.66. The summed E-state index contributed by atoms with van der Waals surface area (Å²) in [4.78, 5) is 40.9. The number of fused-ring (bicyclic) bond motifs is 2. The molecule has 33 heavy (non-hydrogen) atoms. The average Bonchev–Trinajstić information content (AvgIpc) is 3.28. The lowest BCUT2D eigenvalue weighted by Crippen LogP contribution is -2.35. The number of amides is 1. The van der Waals surface area contributed by atoms with Gasteiger partial charge in [-0.1, -0.05) is 35.9 Å². The Morgan fingerprint density at radius 3 is 2.70 bits per heavy atom. The van der Waals surface area contributed by atoms with E-state index in [2.05, 4.69) is 10.3 Å². The fourth-order valence-electron chi connectivity index (χ4n) is 3.68. The number of nitrogens with zero attached hydrogens (tertiary/aromatic N) is 1.